The van der Waals surface area contributed by atoms with E-state index in [-0.39, 0.29) is 17.7 Å². The highest BCUT2D eigenvalue weighted by Crippen LogP contribution is 2.16. The van der Waals surface area contributed by atoms with Crippen LogP contribution in [-0.2, 0) is 9.59 Å². The highest BCUT2D eigenvalue weighted by molar-refractivity contribution is 5.77. The minimum Gasteiger partial charge on any atom is -0.369 e. The summed E-state index contributed by atoms with van der Waals surface area (Å²) in [6.45, 7) is 5.11. The van der Waals surface area contributed by atoms with Crippen molar-refractivity contribution in [1.82, 2.24) is 5.32 Å². The first-order valence-corrected chi connectivity index (χ1v) is 20.5. The quantitative estimate of drug-likeness (QED) is 0.0521. The number of hydrogen-bond donors (Lipinski definition) is 2. The summed E-state index contributed by atoms with van der Waals surface area (Å²) in [6, 6.07) is 0. The van der Waals surface area contributed by atoms with Gasteiger partial charge < -0.3 is 11.1 Å². The maximum absolute atomic E-state index is 12.2. The van der Waals surface area contributed by atoms with Crippen LogP contribution >= 0.6 is 0 Å². The van der Waals surface area contributed by atoms with Crippen LogP contribution in [0.2, 0.25) is 0 Å². The zero-order chi connectivity index (χ0) is 33.6. The Balaban J connectivity index is 3.54. The molecule has 0 saturated heterocycles. The number of carbonyl (C=O) groups excluding carboxylic acids is 2. The molecule has 0 bridgehead atoms. The number of primary amides is 1. The van der Waals surface area contributed by atoms with E-state index in [1.165, 1.54) is 167 Å². The first kappa shape index (κ1) is 44.4. The second-order valence-electron chi connectivity index (χ2n) is 14.0. The fourth-order valence-corrected chi connectivity index (χ4v) is 6.25. The predicted octanol–water partition coefficient (Wildman–Crippen LogP) is 12.8. The second kappa shape index (κ2) is 37.9. The summed E-state index contributed by atoms with van der Waals surface area (Å²) in [5.74, 6) is -0.216. The van der Waals surface area contributed by atoms with E-state index in [9.17, 15) is 9.59 Å². The van der Waals surface area contributed by atoms with E-state index in [0.29, 0.717) is 19.4 Å². The topological polar surface area (TPSA) is 72.2 Å². The van der Waals surface area contributed by atoms with E-state index in [1.807, 2.05) is 0 Å². The van der Waals surface area contributed by atoms with Gasteiger partial charge in [-0.05, 0) is 70.6 Å². The number of allylic oxidation sites excluding steroid dienone is 4. The Kier molecular flexibility index (Phi) is 36.6. The minimum absolute atomic E-state index is 0.116. The maximum atomic E-state index is 12.2. The number of rotatable bonds is 37. The van der Waals surface area contributed by atoms with Crippen LogP contribution < -0.4 is 11.1 Å². The van der Waals surface area contributed by atoms with Gasteiger partial charge in [-0.3, -0.25) is 9.59 Å². The molecule has 0 aromatic rings. The molecule has 46 heavy (non-hydrogen) atoms. The Labute approximate surface area is 288 Å². The van der Waals surface area contributed by atoms with Crippen LogP contribution in [-0.4, -0.2) is 18.4 Å². The van der Waals surface area contributed by atoms with E-state index >= 15 is 0 Å². The fourth-order valence-electron chi connectivity index (χ4n) is 6.25. The maximum Gasteiger partial charge on any atom is 0.220 e. The summed E-state index contributed by atoms with van der Waals surface area (Å²) >= 11 is 0. The van der Waals surface area contributed by atoms with Crippen molar-refractivity contribution in [3.8, 4) is 0 Å². The zero-order valence-electron chi connectivity index (χ0n) is 31.1. The monoisotopic (exact) mass is 645 g/mol. The van der Waals surface area contributed by atoms with Gasteiger partial charge in [0, 0.05) is 18.9 Å². The molecule has 0 rings (SSSR count). The summed E-state index contributed by atoms with van der Waals surface area (Å²) in [4.78, 5) is 24.1. The normalized spacial score (nSPS) is 12.4. The van der Waals surface area contributed by atoms with Gasteiger partial charge in [0.25, 0.3) is 0 Å². The molecule has 2 amide bonds. The second-order valence-corrected chi connectivity index (χ2v) is 14.0. The van der Waals surface area contributed by atoms with Crippen LogP contribution in [0.1, 0.15) is 219 Å². The van der Waals surface area contributed by atoms with E-state index < -0.39 is 0 Å². The summed E-state index contributed by atoms with van der Waals surface area (Å²) in [5.41, 5.74) is 5.67. The van der Waals surface area contributed by atoms with Crippen molar-refractivity contribution in [2.45, 2.75) is 219 Å². The average molecular weight is 645 g/mol. The van der Waals surface area contributed by atoms with Gasteiger partial charge in [0.05, 0.1) is 0 Å². The Bertz CT molecular complexity index is 702. The van der Waals surface area contributed by atoms with E-state index in [0.717, 1.165) is 25.7 Å². The van der Waals surface area contributed by atoms with Crippen molar-refractivity contribution in [2.75, 3.05) is 6.54 Å². The van der Waals surface area contributed by atoms with Gasteiger partial charge in [0.2, 0.25) is 11.8 Å². The van der Waals surface area contributed by atoms with E-state index in [2.05, 4.69) is 43.5 Å². The Morgan fingerprint density at radius 3 is 1.22 bits per heavy atom. The summed E-state index contributed by atoms with van der Waals surface area (Å²) < 4.78 is 0. The van der Waals surface area contributed by atoms with Gasteiger partial charge in [-0.15, -0.1) is 0 Å². The van der Waals surface area contributed by atoms with Gasteiger partial charge in [0.1, 0.15) is 0 Å². The molecule has 270 valence electrons. The molecule has 0 aliphatic heterocycles. The van der Waals surface area contributed by atoms with Crippen molar-refractivity contribution in [1.29, 1.82) is 0 Å². The van der Waals surface area contributed by atoms with Gasteiger partial charge in [-0.25, -0.2) is 0 Å². The number of nitrogens with one attached hydrogen (secondary N) is 1. The number of unbranched alkanes of at least 4 members (excludes halogenated alkanes) is 25. The lowest BCUT2D eigenvalue weighted by Gasteiger charge is -2.14. The van der Waals surface area contributed by atoms with Crippen molar-refractivity contribution < 1.29 is 9.59 Å². The lowest BCUT2D eigenvalue weighted by molar-refractivity contribution is -0.123. The molecular weight excluding hydrogens is 564 g/mol. The SMILES string of the molecule is CCCCCCCC/C=C\CCCCCCCCCCC(CCNC(=O)CCCCCCC/C=C\CCCCCCCC)C(N)=O. The Morgan fingerprint density at radius 2 is 0.826 bits per heavy atom. The number of carbonyl (C=O) groups is 2. The fraction of sp³-hybridized carbons (Fsp3) is 0.857. The Hall–Kier alpha value is -1.58. The van der Waals surface area contributed by atoms with E-state index in [1.54, 1.807) is 0 Å². The molecular formula is C42H80N2O2. The molecule has 1 atom stereocenters. The molecule has 0 aromatic carbocycles. The van der Waals surface area contributed by atoms with Gasteiger partial charge in [0.15, 0.2) is 0 Å². The van der Waals surface area contributed by atoms with Gasteiger partial charge in [-0.1, -0.05) is 167 Å². The van der Waals surface area contributed by atoms with Crippen LogP contribution in [0.5, 0.6) is 0 Å². The van der Waals surface area contributed by atoms with Gasteiger partial charge >= 0.3 is 0 Å². The largest absolute Gasteiger partial charge is 0.369 e. The molecule has 0 aromatic heterocycles. The minimum atomic E-state index is -0.215. The summed E-state index contributed by atoms with van der Waals surface area (Å²) in [7, 11) is 0. The first-order valence-electron chi connectivity index (χ1n) is 20.5. The average Bonchev–Trinajstić information content (AvgIpc) is 3.05. The molecule has 3 N–H and O–H groups in total. The predicted molar refractivity (Wildman–Crippen MR) is 203 cm³/mol. The van der Waals surface area contributed by atoms with Crippen LogP contribution in [0.15, 0.2) is 24.3 Å². The summed E-state index contributed by atoms with van der Waals surface area (Å²) in [5, 5.41) is 3.02. The Morgan fingerprint density at radius 1 is 0.478 bits per heavy atom. The molecule has 0 radical (unpaired) electrons. The van der Waals surface area contributed by atoms with Crippen molar-refractivity contribution >= 4 is 11.8 Å². The number of nitrogens with two attached hydrogens (primary N) is 1. The van der Waals surface area contributed by atoms with Crippen molar-refractivity contribution in [3.63, 3.8) is 0 Å². The zero-order valence-corrected chi connectivity index (χ0v) is 31.1. The molecule has 0 aliphatic carbocycles. The third kappa shape index (κ3) is 35.3. The third-order valence-electron chi connectivity index (χ3n) is 9.45. The standard InChI is InChI=1S/C42H80N2O2/c1-3-5-7-9-11-13-15-17-19-20-21-23-24-26-28-30-32-34-36-40(42(43)46)38-39-44-41(45)37-35-33-31-29-27-25-22-18-16-14-12-10-8-6-4-2/h17-19,22,40H,3-16,20-21,23-39H2,1-2H3,(H2,43,46)(H,44,45)/b19-17-,22-18-. The van der Waals surface area contributed by atoms with Crippen LogP contribution in [0, 0.1) is 5.92 Å². The molecule has 0 aliphatic rings. The van der Waals surface area contributed by atoms with Crippen LogP contribution in [0.4, 0.5) is 0 Å². The number of hydrogen-bond acceptors (Lipinski definition) is 2. The smallest absolute Gasteiger partial charge is 0.220 e. The van der Waals surface area contributed by atoms with Crippen LogP contribution in [0.25, 0.3) is 0 Å². The highest BCUT2D eigenvalue weighted by Gasteiger charge is 2.15. The molecule has 1 unspecified atom stereocenters. The summed E-state index contributed by atoms with van der Waals surface area (Å²) in [6.07, 6.45) is 48.9. The van der Waals surface area contributed by atoms with E-state index in [4.69, 9.17) is 5.73 Å². The van der Waals surface area contributed by atoms with Crippen molar-refractivity contribution in [2.24, 2.45) is 11.7 Å². The van der Waals surface area contributed by atoms with Crippen LogP contribution in [0.3, 0.4) is 0 Å². The number of amides is 2. The molecule has 0 fully saturated rings. The lowest BCUT2D eigenvalue weighted by atomic mass is 9.96. The molecule has 0 heterocycles. The van der Waals surface area contributed by atoms with Crippen molar-refractivity contribution in [3.05, 3.63) is 24.3 Å². The lowest BCUT2D eigenvalue weighted by Crippen LogP contribution is -2.30. The molecule has 4 heteroatoms. The third-order valence-corrected chi connectivity index (χ3v) is 9.45. The highest BCUT2D eigenvalue weighted by atomic mass is 16.2. The molecule has 4 nitrogen and oxygen atoms in total. The van der Waals surface area contributed by atoms with Gasteiger partial charge in [-0.2, -0.15) is 0 Å². The first-order chi connectivity index (χ1) is 22.6. The molecule has 0 saturated carbocycles. The molecule has 0 spiro atoms.